The Morgan fingerprint density at radius 3 is 2.33 bits per heavy atom. The van der Waals surface area contributed by atoms with Gasteiger partial charge in [-0.05, 0) is 43.5 Å². The van der Waals surface area contributed by atoms with Crippen molar-refractivity contribution in [2.45, 2.75) is 25.1 Å². The summed E-state index contributed by atoms with van der Waals surface area (Å²) in [6, 6.07) is 14.7. The maximum atomic E-state index is 6.01. The molecule has 0 aliphatic rings. The molecule has 0 saturated carbocycles. The maximum absolute atomic E-state index is 6.01. The van der Waals surface area contributed by atoms with Crippen molar-refractivity contribution >= 4 is 27.5 Å². The molecule has 0 N–H and O–H groups in total. The van der Waals surface area contributed by atoms with Gasteiger partial charge in [-0.2, -0.15) is 0 Å². The van der Waals surface area contributed by atoms with Gasteiger partial charge in [-0.25, -0.2) is 0 Å². The first-order chi connectivity index (χ1) is 8.54. The van der Waals surface area contributed by atoms with E-state index in [9.17, 15) is 0 Å². The molecule has 18 heavy (non-hydrogen) atoms. The Kier molecular flexibility index (Phi) is 4.47. The second-order valence-electron chi connectivity index (χ2n) is 4.72. The third kappa shape index (κ3) is 3.60. The van der Waals surface area contributed by atoms with Gasteiger partial charge < -0.3 is 0 Å². The fraction of sp³-hybridized carbons (Fsp3) is 0.250. The van der Waals surface area contributed by atoms with E-state index < -0.39 is 0 Å². The zero-order valence-electron chi connectivity index (χ0n) is 10.6. The zero-order valence-corrected chi connectivity index (χ0v) is 12.9. The van der Waals surface area contributed by atoms with Crippen molar-refractivity contribution in [2.24, 2.45) is 0 Å². The average molecular weight is 324 g/mol. The monoisotopic (exact) mass is 322 g/mol. The van der Waals surface area contributed by atoms with Crippen LogP contribution in [0, 0.1) is 13.8 Å². The van der Waals surface area contributed by atoms with E-state index in [2.05, 4.69) is 54.0 Å². The van der Waals surface area contributed by atoms with E-state index in [4.69, 9.17) is 11.6 Å². The summed E-state index contributed by atoms with van der Waals surface area (Å²) in [7, 11) is 0. The van der Waals surface area contributed by atoms with Crippen LogP contribution in [0.1, 0.15) is 27.1 Å². The Labute approximate surface area is 122 Å². The molecule has 0 saturated heterocycles. The maximum Gasteiger partial charge on any atom is 0.0435 e. The minimum atomic E-state index is 0.328. The second-order valence-corrected chi connectivity index (χ2v) is 6.26. The van der Waals surface area contributed by atoms with Gasteiger partial charge in [0.1, 0.15) is 0 Å². The van der Waals surface area contributed by atoms with Crippen LogP contribution in [0.15, 0.2) is 42.5 Å². The highest BCUT2D eigenvalue weighted by Gasteiger charge is 2.09. The van der Waals surface area contributed by atoms with Gasteiger partial charge in [0, 0.05) is 9.85 Å². The van der Waals surface area contributed by atoms with E-state index in [1.165, 1.54) is 22.3 Å². The Morgan fingerprint density at radius 2 is 1.72 bits per heavy atom. The molecular weight excluding hydrogens is 308 g/mol. The minimum Gasteiger partial charge on any atom is -0.0843 e. The van der Waals surface area contributed by atoms with Crippen molar-refractivity contribution in [3.63, 3.8) is 0 Å². The largest absolute Gasteiger partial charge is 0.0843 e. The van der Waals surface area contributed by atoms with E-state index in [-0.39, 0.29) is 0 Å². The van der Waals surface area contributed by atoms with Gasteiger partial charge in [-0.3, -0.25) is 0 Å². The summed E-state index contributed by atoms with van der Waals surface area (Å²) >= 11 is 9.78. The molecule has 94 valence electrons. The third-order valence-corrected chi connectivity index (χ3v) is 4.00. The lowest BCUT2D eigenvalue weighted by atomic mass is 10.0. The highest BCUT2D eigenvalue weighted by atomic mass is 79.9. The van der Waals surface area contributed by atoms with Crippen LogP contribution in [0.5, 0.6) is 0 Å². The van der Waals surface area contributed by atoms with Crippen molar-refractivity contribution in [3.8, 4) is 0 Å². The number of aryl methyl sites for hydroxylation is 2. The first kappa shape index (κ1) is 13.6. The third-order valence-electron chi connectivity index (χ3n) is 2.91. The molecule has 2 rings (SSSR count). The van der Waals surface area contributed by atoms with Gasteiger partial charge in [0.05, 0.1) is 0 Å². The highest BCUT2D eigenvalue weighted by molar-refractivity contribution is 9.09. The number of hydrogen-bond acceptors (Lipinski definition) is 0. The Bertz CT molecular complexity index is 528. The van der Waals surface area contributed by atoms with E-state index in [0.29, 0.717) is 4.83 Å². The lowest BCUT2D eigenvalue weighted by Crippen LogP contribution is -1.96. The van der Waals surface area contributed by atoms with Gasteiger partial charge in [0.25, 0.3) is 0 Å². The van der Waals surface area contributed by atoms with Crippen LogP contribution in [0.2, 0.25) is 5.02 Å². The number of halogens is 2. The van der Waals surface area contributed by atoms with E-state index in [1.54, 1.807) is 0 Å². The van der Waals surface area contributed by atoms with Crippen LogP contribution >= 0.6 is 27.5 Å². The van der Waals surface area contributed by atoms with Crippen molar-refractivity contribution < 1.29 is 0 Å². The summed E-state index contributed by atoms with van der Waals surface area (Å²) in [6.07, 6.45) is 0.948. The number of benzene rings is 2. The molecule has 0 radical (unpaired) electrons. The first-order valence-corrected chi connectivity index (χ1v) is 7.30. The van der Waals surface area contributed by atoms with Crippen LogP contribution in [0.4, 0.5) is 0 Å². The predicted octanol–water partition coefficient (Wildman–Crippen LogP) is 5.64. The standard InChI is InChI=1S/C16H16BrCl/c1-11-6-12(2)8-14(7-11)16(17)10-13-4-3-5-15(18)9-13/h3-9,16H,10H2,1-2H3. The van der Waals surface area contributed by atoms with Crippen LogP contribution < -0.4 is 0 Å². The fourth-order valence-electron chi connectivity index (χ4n) is 2.18. The van der Waals surface area contributed by atoms with Crippen molar-refractivity contribution in [3.05, 3.63) is 69.7 Å². The lowest BCUT2D eigenvalue weighted by Gasteiger charge is -2.12. The fourth-order valence-corrected chi connectivity index (χ4v) is 3.03. The minimum absolute atomic E-state index is 0.328. The van der Waals surface area contributed by atoms with Crippen LogP contribution in [0.25, 0.3) is 0 Å². The van der Waals surface area contributed by atoms with Crippen molar-refractivity contribution in [2.75, 3.05) is 0 Å². The molecule has 0 spiro atoms. The topological polar surface area (TPSA) is 0 Å². The molecule has 0 nitrogen and oxygen atoms in total. The summed E-state index contributed by atoms with van der Waals surface area (Å²) in [6.45, 7) is 4.27. The number of hydrogen-bond donors (Lipinski definition) is 0. The summed E-state index contributed by atoms with van der Waals surface area (Å²) in [5, 5.41) is 0.799. The molecule has 1 atom stereocenters. The van der Waals surface area contributed by atoms with Gasteiger partial charge in [0.2, 0.25) is 0 Å². The van der Waals surface area contributed by atoms with Crippen LogP contribution in [-0.2, 0) is 6.42 Å². The summed E-state index contributed by atoms with van der Waals surface area (Å²) in [5.41, 5.74) is 5.19. The van der Waals surface area contributed by atoms with Crippen LogP contribution in [0.3, 0.4) is 0 Å². The molecule has 0 aliphatic carbocycles. The normalized spacial score (nSPS) is 12.4. The Balaban J connectivity index is 2.19. The highest BCUT2D eigenvalue weighted by Crippen LogP contribution is 2.29. The summed E-state index contributed by atoms with van der Waals surface area (Å²) in [5.74, 6) is 0. The summed E-state index contributed by atoms with van der Waals surface area (Å²) in [4.78, 5) is 0.328. The van der Waals surface area contributed by atoms with Gasteiger partial charge in [0.15, 0.2) is 0 Å². The van der Waals surface area contributed by atoms with Gasteiger partial charge in [-0.1, -0.05) is 69.0 Å². The SMILES string of the molecule is Cc1cc(C)cc(C(Br)Cc2cccc(Cl)c2)c1. The smallest absolute Gasteiger partial charge is 0.0435 e. The quantitative estimate of drug-likeness (QED) is 0.642. The molecule has 1 unspecified atom stereocenters. The molecule has 2 heteroatoms. The van der Waals surface area contributed by atoms with E-state index in [1.807, 2.05) is 18.2 Å². The average Bonchev–Trinajstić information content (AvgIpc) is 2.27. The molecule has 2 aromatic rings. The van der Waals surface area contributed by atoms with E-state index >= 15 is 0 Å². The molecule has 2 aromatic carbocycles. The number of rotatable bonds is 3. The molecular formula is C16H16BrCl. The van der Waals surface area contributed by atoms with Crippen molar-refractivity contribution in [1.29, 1.82) is 0 Å². The zero-order chi connectivity index (χ0) is 13.1. The summed E-state index contributed by atoms with van der Waals surface area (Å²) < 4.78 is 0. The van der Waals surface area contributed by atoms with Crippen molar-refractivity contribution in [1.82, 2.24) is 0 Å². The molecule has 0 bridgehead atoms. The van der Waals surface area contributed by atoms with E-state index in [0.717, 1.165) is 11.4 Å². The Morgan fingerprint density at radius 1 is 1.06 bits per heavy atom. The number of alkyl halides is 1. The Hall–Kier alpha value is -0.790. The lowest BCUT2D eigenvalue weighted by molar-refractivity contribution is 0.944. The predicted molar refractivity (Wildman–Crippen MR) is 82.7 cm³/mol. The van der Waals surface area contributed by atoms with Crippen LogP contribution in [-0.4, -0.2) is 0 Å². The van der Waals surface area contributed by atoms with Gasteiger partial charge >= 0.3 is 0 Å². The first-order valence-electron chi connectivity index (χ1n) is 6.01. The molecule has 0 amide bonds. The molecule has 0 aliphatic heterocycles. The molecule has 0 fully saturated rings. The molecule has 0 aromatic heterocycles. The van der Waals surface area contributed by atoms with Gasteiger partial charge in [-0.15, -0.1) is 0 Å². The second kappa shape index (κ2) is 5.90. The molecule has 0 heterocycles.